The highest BCUT2D eigenvalue weighted by Crippen LogP contribution is 2.26. The van der Waals surface area contributed by atoms with Crippen LogP contribution in [-0.2, 0) is 6.54 Å². The van der Waals surface area contributed by atoms with Crippen molar-refractivity contribution in [2.24, 2.45) is 0 Å². The molecular formula is C32H37N7O. The average molecular weight is 536 g/mol. The number of aromatic nitrogens is 3. The van der Waals surface area contributed by atoms with E-state index in [4.69, 9.17) is 4.98 Å². The molecule has 2 aromatic carbocycles. The quantitative estimate of drug-likeness (QED) is 0.299. The molecule has 0 aliphatic carbocycles. The van der Waals surface area contributed by atoms with Gasteiger partial charge in [0.15, 0.2) is 0 Å². The number of pyridine rings is 1. The number of aryl methyl sites for hydroxylation is 1. The van der Waals surface area contributed by atoms with Gasteiger partial charge in [-0.05, 0) is 73.0 Å². The fraction of sp³-hybridized carbons (Fsp3) is 0.312. The smallest absolute Gasteiger partial charge is 0.255 e. The number of piperazine rings is 1. The van der Waals surface area contributed by atoms with E-state index < -0.39 is 0 Å². The molecule has 0 unspecified atom stereocenters. The zero-order valence-corrected chi connectivity index (χ0v) is 23.7. The SMILES string of the molecule is Cc1ccc(NC(=O)c2ccc(CN3CCN(C)CC3)cc2)cc1Nc1nccc(-c2cncc(C(C)C)c2)n1. The summed E-state index contributed by atoms with van der Waals surface area (Å²) in [7, 11) is 2.16. The highest BCUT2D eigenvalue weighted by molar-refractivity contribution is 6.04. The van der Waals surface area contributed by atoms with Crippen molar-refractivity contribution in [3.63, 3.8) is 0 Å². The van der Waals surface area contributed by atoms with E-state index in [1.807, 2.05) is 67.8 Å². The number of amides is 1. The average Bonchev–Trinajstić information content (AvgIpc) is 2.96. The van der Waals surface area contributed by atoms with Crippen LogP contribution in [-0.4, -0.2) is 63.9 Å². The molecule has 40 heavy (non-hydrogen) atoms. The highest BCUT2D eigenvalue weighted by atomic mass is 16.1. The van der Waals surface area contributed by atoms with Gasteiger partial charge in [0.05, 0.1) is 5.69 Å². The number of carbonyl (C=O) groups excluding carboxylic acids is 1. The van der Waals surface area contributed by atoms with Crippen molar-refractivity contribution in [2.75, 3.05) is 43.9 Å². The minimum absolute atomic E-state index is 0.142. The van der Waals surface area contributed by atoms with Crippen LogP contribution in [0.25, 0.3) is 11.3 Å². The van der Waals surface area contributed by atoms with Gasteiger partial charge in [-0.1, -0.05) is 32.0 Å². The summed E-state index contributed by atoms with van der Waals surface area (Å²) in [5.74, 6) is 0.721. The van der Waals surface area contributed by atoms with Crippen molar-refractivity contribution in [3.05, 3.63) is 95.4 Å². The number of hydrogen-bond acceptors (Lipinski definition) is 7. The van der Waals surface area contributed by atoms with Crippen LogP contribution in [0.4, 0.5) is 17.3 Å². The Bertz CT molecular complexity index is 1460. The maximum atomic E-state index is 13.0. The molecule has 2 N–H and O–H groups in total. The zero-order valence-electron chi connectivity index (χ0n) is 23.7. The minimum Gasteiger partial charge on any atom is -0.324 e. The molecule has 1 aliphatic heterocycles. The van der Waals surface area contributed by atoms with Crippen molar-refractivity contribution in [1.29, 1.82) is 0 Å². The first-order valence-electron chi connectivity index (χ1n) is 13.8. The minimum atomic E-state index is -0.142. The number of nitrogens with zero attached hydrogens (tertiary/aromatic N) is 5. The summed E-state index contributed by atoms with van der Waals surface area (Å²) in [4.78, 5) is 31.3. The molecular weight excluding hydrogens is 498 g/mol. The predicted molar refractivity (Wildman–Crippen MR) is 161 cm³/mol. The van der Waals surface area contributed by atoms with E-state index in [9.17, 15) is 4.79 Å². The summed E-state index contributed by atoms with van der Waals surface area (Å²) in [6.45, 7) is 11.5. The molecule has 3 heterocycles. The largest absolute Gasteiger partial charge is 0.324 e. The van der Waals surface area contributed by atoms with Crippen LogP contribution >= 0.6 is 0 Å². The van der Waals surface area contributed by atoms with Gasteiger partial charge in [-0.15, -0.1) is 0 Å². The fourth-order valence-corrected chi connectivity index (χ4v) is 4.68. The topological polar surface area (TPSA) is 86.3 Å². The summed E-state index contributed by atoms with van der Waals surface area (Å²) >= 11 is 0. The fourth-order valence-electron chi connectivity index (χ4n) is 4.68. The first kappa shape index (κ1) is 27.4. The molecule has 0 saturated carbocycles. The second kappa shape index (κ2) is 12.4. The van der Waals surface area contributed by atoms with Gasteiger partial charge in [-0.2, -0.15) is 0 Å². The molecule has 8 heteroatoms. The molecule has 0 spiro atoms. The Morgan fingerprint density at radius 2 is 1.75 bits per heavy atom. The number of carbonyl (C=O) groups is 1. The van der Waals surface area contributed by atoms with Gasteiger partial charge in [0, 0.05) is 73.8 Å². The molecule has 8 nitrogen and oxygen atoms in total. The first-order valence-corrected chi connectivity index (χ1v) is 13.8. The van der Waals surface area contributed by atoms with E-state index in [1.165, 1.54) is 5.56 Å². The number of nitrogens with one attached hydrogen (secondary N) is 2. The summed E-state index contributed by atoms with van der Waals surface area (Å²) in [6.07, 6.45) is 5.44. The number of hydrogen-bond donors (Lipinski definition) is 2. The Morgan fingerprint density at radius 1 is 0.975 bits per heavy atom. The van der Waals surface area contributed by atoms with Crippen LogP contribution < -0.4 is 10.6 Å². The molecule has 5 rings (SSSR count). The Balaban J connectivity index is 1.25. The maximum Gasteiger partial charge on any atom is 0.255 e. The summed E-state index contributed by atoms with van der Waals surface area (Å²) in [5.41, 5.74) is 7.30. The van der Waals surface area contributed by atoms with Crippen LogP contribution in [0.2, 0.25) is 0 Å². The Hall–Kier alpha value is -4.14. The van der Waals surface area contributed by atoms with E-state index >= 15 is 0 Å². The number of likely N-dealkylation sites (N-methyl/N-ethyl adjacent to an activating group) is 1. The number of benzene rings is 2. The van der Waals surface area contributed by atoms with E-state index in [1.54, 1.807) is 6.20 Å². The molecule has 2 aromatic heterocycles. The van der Waals surface area contributed by atoms with Crippen molar-refractivity contribution in [3.8, 4) is 11.3 Å². The lowest BCUT2D eigenvalue weighted by Crippen LogP contribution is -2.43. The molecule has 4 aromatic rings. The molecule has 1 aliphatic rings. The normalized spacial score (nSPS) is 14.3. The standard InChI is InChI=1S/C32H37N7O/c1-22(2)26-17-27(20-33-19-26)29-11-12-34-32(36-29)37-30-18-28(10-5-23(30)3)35-31(40)25-8-6-24(7-9-25)21-39-15-13-38(4)14-16-39/h5-12,17-20,22H,13-16,21H2,1-4H3,(H,35,40)(H,34,36,37). The molecule has 1 amide bonds. The van der Waals surface area contributed by atoms with Gasteiger partial charge in [0.2, 0.25) is 5.95 Å². The van der Waals surface area contributed by atoms with Crippen LogP contribution in [0.3, 0.4) is 0 Å². The second-order valence-corrected chi connectivity index (χ2v) is 10.8. The molecule has 0 atom stereocenters. The van der Waals surface area contributed by atoms with Crippen LogP contribution in [0, 0.1) is 6.92 Å². The van der Waals surface area contributed by atoms with Crippen molar-refractivity contribution in [1.82, 2.24) is 24.8 Å². The van der Waals surface area contributed by atoms with Crippen molar-refractivity contribution < 1.29 is 4.79 Å². The zero-order chi connectivity index (χ0) is 28.1. The predicted octanol–water partition coefficient (Wildman–Crippen LogP) is 5.71. The van der Waals surface area contributed by atoms with Gasteiger partial charge >= 0.3 is 0 Å². The van der Waals surface area contributed by atoms with E-state index in [0.717, 1.165) is 60.8 Å². The van der Waals surface area contributed by atoms with Gasteiger partial charge in [-0.25, -0.2) is 9.97 Å². The van der Waals surface area contributed by atoms with E-state index in [-0.39, 0.29) is 5.91 Å². The third-order valence-electron chi connectivity index (χ3n) is 7.34. The van der Waals surface area contributed by atoms with Gasteiger partial charge in [0.1, 0.15) is 0 Å². The summed E-state index contributed by atoms with van der Waals surface area (Å²) < 4.78 is 0. The van der Waals surface area contributed by atoms with Gasteiger partial charge in [0.25, 0.3) is 5.91 Å². The molecule has 0 bridgehead atoms. The molecule has 1 saturated heterocycles. The highest BCUT2D eigenvalue weighted by Gasteiger charge is 2.15. The third kappa shape index (κ3) is 6.89. The lowest BCUT2D eigenvalue weighted by atomic mass is 10.0. The maximum absolute atomic E-state index is 13.0. The van der Waals surface area contributed by atoms with E-state index in [0.29, 0.717) is 23.1 Å². The Kier molecular flexibility index (Phi) is 8.48. The number of rotatable bonds is 8. The molecule has 206 valence electrons. The second-order valence-electron chi connectivity index (χ2n) is 10.8. The Morgan fingerprint density at radius 3 is 2.50 bits per heavy atom. The summed E-state index contributed by atoms with van der Waals surface area (Å²) in [5, 5.41) is 6.35. The molecule has 0 radical (unpaired) electrons. The van der Waals surface area contributed by atoms with Crippen LogP contribution in [0.5, 0.6) is 0 Å². The van der Waals surface area contributed by atoms with Gasteiger partial charge in [-0.3, -0.25) is 14.7 Å². The molecule has 1 fully saturated rings. The monoisotopic (exact) mass is 535 g/mol. The van der Waals surface area contributed by atoms with E-state index in [2.05, 4.69) is 57.4 Å². The first-order chi connectivity index (χ1) is 19.3. The van der Waals surface area contributed by atoms with Crippen LogP contribution in [0.1, 0.15) is 46.8 Å². The van der Waals surface area contributed by atoms with Crippen molar-refractivity contribution in [2.45, 2.75) is 33.2 Å². The lowest BCUT2D eigenvalue weighted by molar-refractivity contribution is 0.102. The summed E-state index contributed by atoms with van der Waals surface area (Å²) in [6, 6.07) is 17.7. The number of anilines is 3. The lowest BCUT2D eigenvalue weighted by Gasteiger charge is -2.32. The third-order valence-corrected chi connectivity index (χ3v) is 7.34. The van der Waals surface area contributed by atoms with Crippen LogP contribution in [0.15, 0.2) is 73.2 Å². The Labute approximate surface area is 236 Å². The van der Waals surface area contributed by atoms with Gasteiger partial charge < -0.3 is 15.5 Å². The van der Waals surface area contributed by atoms with Crippen molar-refractivity contribution >= 4 is 23.2 Å².